The summed E-state index contributed by atoms with van der Waals surface area (Å²) in [5.41, 5.74) is 0.0435. The van der Waals surface area contributed by atoms with Crippen molar-refractivity contribution < 1.29 is 19.4 Å². The average molecular weight is 248 g/mol. The van der Waals surface area contributed by atoms with Gasteiger partial charge in [0.15, 0.2) is 11.5 Å². The molecule has 0 aliphatic heterocycles. The first kappa shape index (κ1) is 11.8. The molecule has 0 unspecified atom stereocenters. The van der Waals surface area contributed by atoms with Gasteiger partial charge in [-0.3, -0.25) is 9.78 Å². The lowest BCUT2D eigenvalue weighted by atomic mass is 10.1. The Bertz CT molecular complexity index is 602. The van der Waals surface area contributed by atoms with Crippen molar-refractivity contribution in [3.8, 4) is 11.5 Å². The molecular formula is C12H9FN2O3. The first-order valence-corrected chi connectivity index (χ1v) is 5.01. The van der Waals surface area contributed by atoms with Gasteiger partial charge in [-0.05, 0) is 12.1 Å². The molecule has 18 heavy (non-hydrogen) atoms. The Labute approximate surface area is 102 Å². The first-order chi connectivity index (χ1) is 8.58. The molecule has 1 aromatic carbocycles. The van der Waals surface area contributed by atoms with Crippen LogP contribution in [0.3, 0.4) is 0 Å². The average Bonchev–Trinajstić information content (AvgIpc) is 2.32. The molecule has 0 bridgehead atoms. The summed E-state index contributed by atoms with van der Waals surface area (Å²) in [7, 11) is 0. The molecule has 5 nitrogen and oxygen atoms in total. The van der Waals surface area contributed by atoms with E-state index in [1.165, 1.54) is 24.4 Å². The molecule has 0 radical (unpaired) electrons. The van der Waals surface area contributed by atoms with E-state index in [-0.39, 0.29) is 11.3 Å². The maximum Gasteiger partial charge on any atom is 0.259 e. The number of aromatic hydroxyl groups is 2. The highest BCUT2D eigenvalue weighted by atomic mass is 19.1. The van der Waals surface area contributed by atoms with Gasteiger partial charge in [-0.15, -0.1) is 0 Å². The number of carbonyl (C=O) groups is 1. The molecule has 1 aromatic heterocycles. The summed E-state index contributed by atoms with van der Waals surface area (Å²) < 4.78 is 12.9. The van der Waals surface area contributed by atoms with Gasteiger partial charge in [-0.1, -0.05) is 6.07 Å². The molecule has 0 spiro atoms. The molecule has 0 aliphatic rings. The second kappa shape index (κ2) is 4.70. The number of amides is 1. The van der Waals surface area contributed by atoms with Crippen LogP contribution < -0.4 is 5.32 Å². The first-order valence-electron chi connectivity index (χ1n) is 5.01. The number of aromatic nitrogens is 1. The summed E-state index contributed by atoms with van der Waals surface area (Å²) in [5, 5.41) is 21.1. The standard InChI is InChI=1S/C12H9FN2O3/c13-7-4-8(6-14-5-7)15-12(18)9-2-1-3-10(16)11(9)17/h1-6,16-17H,(H,15,18). The number of para-hydroxylation sites is 1. The van der Waals surface area contributed by atoms with E-state index in [0.29, 0.717) is 0 Å². The number of halogens is 1. The molecule has 2 aromatic rings. The van der Waals surface area contributed by atoms with E-state index in [1.807, 2.05) is 0 Å². The van der Waals surface area contributed by atoms with Gasteiger partial charge in [0.1, 0.15) is 5.82 Å². The molecule has 0 fully saturated rings. The largest absolute Gasteiger partial charge is 0.504 e. The lowest BCUT2D eigenvalue weighted by Crippen LogP contribution is -2.12. The van der Waals surface area contributed by atoms with Gasteiger partial charge in [0.2, 0.25) is 0 Å². The number of anilines is 1. The number of pyridine rings is 1. The summed E-state index contributed by atoms with van der Waals surface area (Å²) in [6.07, 6.45) is 2.27. The molecule has 1 amide bonds. The molecule has 0 saturated carbocycles. The van der Waals surface area contributed by atoms with Crippen LogP contribution in [0.1, 0.15) is 10.4 Å². The summed E-state index contributed by atoms with van der Waals surface area (Å²) in [6.45, 7) is 0. The SMILES string of the molecule is O=C(Nc1cncc(F)c1)c1cccc(O)c1O. The van der Waals surface area contributed by atoms with E-state index in [0.717, 1.165) is 12.3 Å². The van der Waals surface area contributed by atoms with Crippen molar-refractivity contribution in [3.63, 3.8) is 0 Å². The van der Waals surface area contributed by atoms with E-state index in [2.05, 4.69) is 10.3 Å². The fourth-order valence-corrected chi connectivity index (χ4v) is 1.39. The Kier molecular flexibility index (Phi) is 3.09. The van der Waals surface area contributed by atoms with E-state index < -0.39 is 23.2 Å². The molecule has 0 atom stereocenters. The zero-order chi connectivity index (χ0) is 13.1. The Balaban J connectivity index is 2.25. The van der Waals surface area contributed by atoms with Crippen LogP contribution >= 0.6 is 0 Å². The summed E-state index contributed by atoms with van der Waals surface area (Å²) in [5.74, 6) is -2.19. The van der Waals surface area contributed by atoms with Crippen molar-refractivity contribution in [3.05, 3.63) is 48.0 Å². The van der Waals surface area contributed by atoms with E-state index in [9.17, 15) is 19.4 Å². The number of rotatable bonds is 2. The molecule has 3 N–H and O–H groups in total. The lowest BCUT2D eigenvalue weighted by Gasteiger charge is -2.07. The lowest BCUT2D eigenvalue weighted by molar-refractivity contribution is 0.102. The Hall–Kier alpha value is -2.63. The van der Waals surface area contributed by atoms with Crippen molar-refractivity contribution >= 4 is 11.6 Å². The fourth-order valence-electron chi connectivity index (χ4n) is 1.39. The van der Waals surface area contributed by atoms with E-state index in [4.69, 9.17) is 0 Å². The topological polar surface area (TPSA) is 82.5 Å². The highest BCUT2D eigenvalue weighted by Crippen LogP contribution is 2.28. The summed E-state index contributed by atoms with van der Waals surface area (Å²) in [6, 6.07) is 5.07. The molecular weight excluding hydrogens is 239 g/mol. The normalized spacial score (nSPS) is 10.1. The van der Waals surface area contributed by atoms with Gasteiger partial charge < -0.3 is 15.5 Å². The van der Waals surface area contributed by atoms with Crippen LogP contribution in [0.4, 0.5) is 10.1 Å². The minimum atomic E-state index is -0.671. The van der Waals surface area contributed by atoms with Gasteiger partial charge in [-0.2, -0.15) is 0 Å². The van der Waals surface area contributed by atoms with Crippen LogP contribution in [0, 0.1) is 5.82 Å². The van der Waals surface area contributed by atoms with Crippen LogP contribution in [-0.2, 0) is 0 Å². The monoisotopic (exact) mass is 248 g/mol. The van der Waals surface area contributed by atoms with Crippen LogP contribution in [0.5, 0.6) is 11.5 Å². The quantitative estimate of drug-likeness (QED) is 0.709. The highest BCUT2D eigenvalue weighted by Gasteiger charge is 2.14. The molecule has 2 rings (SSSR count). The third-order valence-corrected chi connectivity index (χ3v) is 2.22. The van der Waals surface area contributed by atoms with E-state index in [1.54, 1.807) is 0 Å². The van der Waals surface area contributed by atoms with Crippen molar-refractivity contribution in [1.82, 2.24) is 4.98 Å². The van der Waals surface area contributed by atoms with Crippen molar-refractivity contribution in [1.29, 1.82) is 0 Å². The third-order valence-electron chi connectivity index (χ3n) is 2.22. The maximum absolute atomic E-state index is 12.9. The second-order valence-electron chi connectivity index (χ2n) is 3.52. The third kappa shape index (κ3) is 2.37. The predicted octanol–water partition coefficient (Wildman–Crippen LogP) is 1.88. The number of phenols is 2. The summed E-state index contributed by atoms with van der Waals surface area (Å²) >= 11 is 0. The molecule has 6 heteroatoms. The predicted molar refractivity (Wildman–Crippen MR) is 61.9 cm³/mol. The number of phenolic OH excluding ortho intramolecular Hbond substituents is 2. The van der Waals surface area contributed by atoms with E-state index >= 15 is 0 Å². The number of nitrogens with one attached hydrogen (secondary N) is 1. The minimum absolute atomic E-state index is 0.112. The molecule has 92 valence electrons. The van der Waals surface area contributed by atoms with Gasteiger partial charge in [-0.25, -0.2) is 4.39 Å². The fraction of sp³-hybridized carbons (Fsp3) is 0. The summed E-state index contributed by atoms with van der Waals surface area (Å²) in [4.78, 5) is 15.3. The minimum Gasteiger partial charge on any atom is -0.504 e. The maximum atomic E-state index is 12.9. The van der Waals surface area contributed by atoms with Crippen LogP contribution in [-0.4, -0.2) is 21.1 Å². The van der Waals surface area contributed by atoms with Gasteiger partial charge >= 0.3 is 0 Å². The number of hydrogen-bond donors (Lipinski definition) is 3. The Morgan fingerprint density at radius 3 is 2.78 bits per heavy atom. The van der Waals surface area contributed by atoms with Crippen LogP contribution in [0.25, 0.3) is 0 Å². The highest BCUT2D eigenvalue weighted by molar-refractivity contribution is 6.06. The Morgan fingerprint density at radius 1 is 1.28 bits per heavy atom. The smallest absolute Gasteiger partial charge is 0.259 e. The molecule has 1 heterocycles. The van der Waals surface area contributed by atoms with Gasteiger partial charge in [0, 0.05) is 6.07 Å². The second-order valence-corrected chi connectivity index (χ2v) is 3.52. The molecule has 0 aliphatic carbocycles. The number of benzene rings is 1. The molecule has 0 saturated heterocycles. The number of hydrogen-bond acceptors (Lipinski definition) is 4. The van der Waals surface area contributed by atoms with Crippen molar-refractivity contribution in [2.24, 2.45) is 0 Å². The Morgan fingerprint density at radius 2 is 2.06 bits per heavy atom. The van der Waals surface area contributed by atoms with Gasteiger partial charge in [0.25, 0.3) is 5.91 Å². The van der Waals surface area contributed by atoms with Crippen molar-refractivity contribution in [2.75, 3.05) is 5.32 Å². The van der Waals surface area contributed by atoms with Crippen molar-refractivity contribution in [2.45, 2.75) is 0 Å². The number of carbonyl (C=O) groups excluding carboxylic acids is 1. The van der Waals surface area contributed by atoms with Crippen LogP contribution in [0.15, 0.2) is 36.7 Å². The number of nitrogens with zero attached hydrogens (tertiary/aromatic N) is 1. The zero-order valence-corrected chi connectivity index (χ0v) is 9.09. The van der Waals surface area contributed by atoms with Gasteiger partial charge in [0.05, 0.1) is 23.6 Å². The zero-order valence-electron chi connectivity index (χ0n) is 9.09. The van der Waals surface area contributed by atoms with Crippen LogP contribution in [0.2, 0.25) is 0 Å².